The molecule has 1 atom stereocenters. The van der Waals surface area contributed by atoms with E-state index in [4.69, 9.17) is 11.5 Å². The van der Waals surface area contributed by atoms with Crippen LogP contribution in [0.1, 0.15) is 38.4 Å². The fraction of sp³-hybridized carbons (Fsp3) is 0.357. The maximum Gasteiger partial charge on any atom is 0.216 e. The van der Waals surface area contributed by atoms with Gasteiger partial charge in [-0.05, 0) is 37.6 Å². The number of rotatable bonds is 3. The van der Waals surface area contributed by atoms with E-state index in [9.17, 15) is 4.39 Å². The largest absolute Gasteiger partial charge is 0.397 e. The van der Waals surface area contributed by atoms with E-state index in [1.165, 1.54) is 12.1 Å². The lowest BCUT2D eigenvalue weighted by Gasteiger charge is -2.19. The molecule has 1 aliphatic heterocycles. The maximum atomic E-state index is 14.0. The minimum absolute atomic E-state index is 0.227. The molecule has 8 heteroatoms. The van der Waals surface area contributed by atoms with Crippen molar-refractivity contribution >= 4 is 28.8 Å². The number of nitrogen functional groups attached to an aromatic ring is 2. The summed E-state index contributed by atoms with van der Waals surface area (Å²) in [6, 6.07) is 2.72. The number of hydrogen-bond acceptors (Lipinski definition) is 6. The van der Waals surface area contributed by atoms with Gasteiger partial charge in [-0.15, -0.1) is 10.2 Å². The lowest BCUT2D eigenvalue weighted by Crippen LogP contribution is -2.16. The Labute approximate surface area is 131 Å². The molecule has 2 aromatic rings. The molecule has 1 unspecified atom stereocenters. The van der Waals surface area contributed by atoms with Gasteiger partial charge in [-0.3, -0.25) is 0 Å². The summed E-state index contributed by atoms with van der Waals surface area (Å²) in [7, 11) is 0. The molecule has 0 fully saturated rings. The number of hydrogen-bond donors (Lipinski definition) is 2. The second kappa shape index (κ2) is 5.60. The fourth-order valence-corrected chi connectivity index (χ4v) is 3.28. The summed E-state index contributed by atoms with van der Waals surface area (Å²) in [6.07, 6.45) is 1.83. The number of benzene rings is 1. The highest BCUT2D eigenvalue weighted by molar-refractivity contribution is 7.99. The smallest absolute Gasteiger partial charge is 0.216 e. The van der Waals surface area contributed by atoms with E-state index in [-0.39, 0.29) is 5.69 Å². The number of halogens is 1. The van der Waals surface area contributed by atoms with E-state index < -0.39 is 5.82 Å². The Hall–Kier alpha value is -2.09. The monoisotopic (exact) mass is 320 g/mol. The van der Waals surface area contributed by atoms with E-state index in [2.05, 4.69) is 22.2 Å². The number of nitrogens with two attached hydrogens (primary N) is 2. The third kappa shape index (κ3) is 2.54. The molecule has 22 heavy (non-hydrogen) atoms. The van der Waals surface area contributed by atoms with Crippen molar-refractivity contribution in [1.82, 2.24) is 14.9 Å². The predicted octanol–water partition coefficient (Wildman–Crippen LogP) is 2.85. The molecular weight excluding hydrogens is 303 g/mol. The van der Waals surface area contributed by atoms with Gasteiger partial charge in [-0.2, -0.15) is 9.78 Å². The summed E-state index contributed by atoms with van der Waals surface area (Å²) in [5, 5.41) is 13.4. The number of nitrogens with zero attached hydrogens (tertiary/aromatic N) is 4. The van der Waals surface area contributed by atoms with Crippen molar-refractivity contribution in [3.05, 3.63) is 23.8 Å². The van der Waals surface area contributed by atoms with Crippen LogP contribution < -0.4 is 11.5 Å². The molecule has 1 aromatic heterocycles. The third-order valence-electron chi connectivity index (χ3n) is 3.65. The number of aromatic nitrogens is 3. The molecule has 0 amide bonds. The molecule has 2 heterocycles. The van der Waals surface area contributed by atoms with Crippen LogP contribution in [0.4, 0.5) is 15.8 Å². The summed E-state index contributed by atoms with van der Waals surface area (Å²) in [6.45, 7) is 4.08. The third-order valence-corrected chi connectivity index (χ3v) is 4.62. The van der Waals surface area contributed by atoms with E-state index in [1.807, 2.05) is 6.92 Å². The number of fused-ring (bicyclic) bond motifs is 1. The molecular formula is C14H17FN6S. The molecule has 0 saturated heterocycles. The summed E-state index contributed by atoms with van der Waals surface area (Å²) < 4.78 is 15.7. The molecule has 1 aromatic carbocycles. The van der Waals surface area contributed by atoms with E-state index in [1.54, 1.807) is 4.68 Å². The van der Waals surface area contributed by atoms with Crippen molar-refractivity contribution < 1.29 is 4.39 Å². The van der Waals surface area contributed by atoms with Crippen LogP contribution in [0.3, 0.4) is 0 Å². The minimum atomic E-state index is -0.433. The van der Waals surface area contributed by atoms with Gasteiger partial charge in [0.2, 0.25) is 5.16 Å². The molecule has 0 radical (unpaired) electrons. The normalized spacial score (nSPS) is 17.2. The van der Waals surface area contributed by atoms with E-state index >= 15 is 0 Å². The Balaban J connectivity index is 1.99. The van der Waals surface area contributed by atoms with Crippen LogP contribution in [-0.4, -0.2) is 20.6 Å². The van der Waals surface area contributed by atoms with Crippen LogP contribution in [0, 0.1) is 5.82 Å². The van der Waals surface area contributed by atoms with Crippen LogP contribution in [-0.2, 0) is 0 Å². The molecule has 1 aliphatic rings. The van der Waals surface area contributed by atoms with Crippen molar-refractivity contribution in [3.8, 4) is 0 Å². The lowest BCUT2D eigenvalue weighted by molar-refractivity contribution is 0.563. The van der Waals surface area contributed by atoms with E-state index in [0.717, 1.165) is 36.1 Å². The minimum Gasteiger partial charge on any atom is -0.397 e. The molecule has 0 spiro atoms. The Bertz CT molecular complexity index is 754. The summed E-state index contributed by atoms with van der Waals surface area (Å²) >= 11 is 1.14. The highest BCUT2D eigenvalue weighted by Crippen LogP contribution is 2.35. The highest BCUT2D eigenvalue weighted by Gasteiger charge is 2.25. The van der Waals surface area contributed by atoms with Gasteiger partial charge in [0.1, 0.15) is 5.82 Å². The van der Waals surface area contributed by atoms with Crippen molar-refractivity contribution in [2.45, 2.75) is 42.7 Å². The van der Waals surface area contributed by atoms with Crippen molar-refractivity contribution in [2.24, 2.45) is 5.10 Å². The van der Waals surface area contributed by atoms with Gasteiger partial charge in [0.15, 0.2) is 5.82 Å². The first-order valence-electron chi connectivity index (χ1n) is 7.01. The molecule has 6 nitrogen and oxygen atoms in total. The first-order valence-corrected chi connectivity index (χ1v) is 7.83. The fourth-order valence-electron chi connectivity index (χ4n) is 2.44. The van der Waals surface area contributed by atoms with Gasteiger partial charge in [0, 0.05) is 17.7 Å². The van der Waals surface area contributed by atoms with E-state index in [0.29, 0.717) is 21.7 Å². The average Bonchev–Trinajstić information content (AvgIpc) is 2.87. The zero-order valence-electron chi connectivity index (χ0n) is 12.4. The van der Waals surface area contributed by atoms with Gasteiger partial charge in [-0.1, -0.05) is 6.92 Å². The van der Waals surface area contributed by atoms with Crippen LogP contribution in [0.5, 0.6) is 0 Å². The molecule has 116 valence electrons. The van der Waals surface area contributed by atoms with Crippen LogP contribution in [0.15, 0.2) is 27.3 Å². The quantitative estimate of drug-likeness (QED) is 0.848. The molecule has 3 rings (SSSR count). The first kappa shape index (κ1) is 14.8. The molecule has 0 bridgehead atoms. The Morgan fingerprint density at radius 2 is 2.05 bits per heavy atom. The molecule has 0 saturated carbocycles. The summed E-state index contributed by atoms with van der Waals surface area (Å²) in [5.41, 5.74) is 12.9. The van der Waals surface area contributed by atoms with Crippen molar-refractivity contribution in [2.75, 3.05) is 11.5 Å². The van der Waals surface area contributed by atoms with Crippen molar-refractivity contribution in [3.63, 3.8) is 0 Å². The van der Waals surface area contributed by atoms with Crippen LogP contribution in [0.25, 0.3) is 0 Å². The lowest BCUT2D eigenvalue weighted by atomic mass is 9.98. The topological polar surface area (TPSA) is 95.1 Å². The predicted molar refractivity (Wildman–Crippen MR) is 85.5 cm³/mol. The van der Waals surface area contributed by atoms with Gasteiger partial charge in [-0.25, -0.2) is 4.39 Å². The Morgan fingerprint density at radius 3 is 2.77 bits per heavy atom. The van der Waals surface area contributed by atoms with Gasteiger partial charge < -0.3 is 11.5 Å². The van der Waals surface area contributed by atoms with Gasteiger partial charge in [0.25, 0.3) is 0 Å². The highest BCUT2D eigenvalue weighted by atomic mass is 32.2. The second-order valence-electron chi connectivity index (χ2n) is 5.31. The SMILES string of the molecule is CCC1CC(C)=Nn2c(Sc3cc(N)c(N)cc3F)nnc21. The van der Waals surface area contributed by atoms with Gasteiger partial charge >= 0.3 is 0 Å². The summed E-state index contributed by atoms with van der Waals surface area (Å²) in [5.74, 6) is 0.678. The Morgan fingerprint density at radius 1 is 1.32 bits per heavy atom. The standard InChI is InChI=1S/C14H17FN6S/c1-3-8-4-7(2)20-21-13(8)18-19-14(21)22-12-6-11(17)10(16)5-9(12)15/h5-6,8H,3-4,16-17H2,1-2H3. The molecule has 4 N–H and O–H groups in total. The Kier molecular flexibility index (Phi) is 3.78. The maximum absolute atomic E-state index is 14.0. The van der Waals surface area contributed by atoms with Gasteiger partial charge in [0.05, 0.1) is 16.3 Å². The van der Waals surface area contributed by atoms with Crippen LogP contribution in [0.2, 0.25) is 0 Å². The van der Waals surface area contributed by atoms with Crippen molar-refractivity contribution in [1.29, 1.82) is 0 Å². The van der Waals surface area contributed by atoms with Crippen LogP contribution >= 0.6 is 11.8 Å². The molecule has 0 aliphatic carbocycles. The first-order chi connectivity index (χ1) is 10.5. The summed E-state index contributed by atoms with van der Waals surface area (Å²) in [4.78, 5) is 0.355. The average molecular weight is 320 g/mol. The zero-order valence-corrected chi connectivity index (χ0v) is 13.2. The second-order valence-corrected chi connectivity index (χ2v) is 6.32. The number of anilines is 2. The zero-order chi connectivity index (χ0) is 15.9.